The maximum Gasteiger partial charge on any atom is 0.236 e. The molecule has 0 bridgehead atoms. The van der Waals surface area contributed by atoms with Crippen LogP contribution in [-0.2, 0) is 10.2 Å². The van der Waals surface area contributed by atoms with Crippen LogP contribution in [0.3, 0.4) is 0 Å². The second-order valence-corrected chi connectivity index (χ2v) is 5.54. The van der Waals surface area contributed by atoms with Crippen LogP contribution in [0.1, 0.15) is 33.5 Å². The Morgan fingerprint density at radius 2 is 2.05 bits per heavy atom. The number of carbonyl (C=O) groups is 1. The molecule has 0 spiro atoms. The third-order valence-corrected chi connectivity index (χ3v) is 2.53. The van der Waals surface area contributed by atoms with Crippen LogP contribution in [0.5, 0.6) is 0 Å². The second kappa shape index (κ2) is 5.86. The summed E-state index contributed by atoms with van der Waals surface area (Å²) in [6.07, 6.45) is 0. The van der Waals surface area contributed by atoms with Gasteiger partial charge in [-0.1, -0.05) is 20.8 Å². The summed E-state index contributed by atoms with van der Waals surface area (Å²) in [6.45, 7) is 9.07. The van der Waals surface area contributed by atoms with Crippen LogP contribution < -0.4 is 16.0 Å². The Morgan fingerprint density at radius 3 is 2.53 bits per heavy atom. The zero-order valence-electron chi connectivity index (χ0n) is 12.3. The average Bonchev–Trinajstić information content (AvgIpc) is 2.27. The lowest BCUT2D eigenvalue weighted by molar-refractivity contribution is -0.116. The molecular formula is C13H23N5O. The highest BCUT2D eigenvalue weighted by atomic mass is 16.1. The van der Waals surface area contributed by atoms with Crippen LogP contribution >= 0.6 is 0 Å². The summed E-state index contributed by atoms with van der Waals surface area (Å²) in [5.74, 6) is 1.80. The molecule has 3 N–H and O–H groups in total. The zero-order valence-corrected chi connectivity index (χ0v) is 12.3. The minimum Gasteiger partial charge on any atom is -0.370 e. The molecule has 1 aromatic rings. The van der Waals surface area contributed by atoms with Crippen molar-refractivity contribution < 1.29 is 4.79 Å². The molecule has 1 rings (SSSR count). The molecular weight excluding hydrogens is 242 g/mol. The normalized spacial score (nSPS) is 11.2. The number of anilines is 2. The Hall–Kier alpha value is -1.85. The number of nitrogens with one attached hydrogen (secondary N) is 1. The van der Waals surface area contributed by atoms with Crippen molar-refractivity contribution in [2.75, 3.05) is 30.4 Å². The van der Waals surface area contributed by atoms with Gasteiger partial charge in [-0.3, -0.25) is 4.79 Å². The molecule has 0 aliphatic heterocycles. The van der Waals surface area contributed by atoms with Gasteiger partial charge in [0.25, 0.3) is 0 Å². The van der Waals surface area contributed by atoms with Crippen molar-refractivity contribution in [3.8, 4) is 0 Å². The zero-order chi connectivity index (χ0) is 14.6. The molecule has 1 amide bonds. The third kappa shape index (κ3) is 4.39. The van der Waals surface area contributed by atoms with Gasteiger partial charge in [0.2, 0.25) is 5.91 Å². The maximum absolute atomic E-state index is 11.0. The molecule has 6 nitrogen and oxygen atoms in total. The Morgan fingerprint density at radius 1 is 1.42 bits per heavy atom. The van der Waals surface area contributed by atoms with Crippen molar-refractivity contribution in [1.82, 2.24) is 9.97 Å². The Bertz CT molecular complexity index is 453. The molecule has 0 radical (unpaired) electrons. The first-order valence-electron chi connectivity index (χ1n) is 6.37. The molecule has 0 saturated carbocycles. The summed E-state index contributed by atoms with van der Waals surface area (Å²) in [6, 6.07) is 1.82. The van der Waals surface area contributed by atoms with Gasteiger partial charge in [-0.15, -0.1) is 0 Å². The van der Waals surface area contributed by atoms with Crippen molar-refractivity contribution in [1.29, 1.82) is 0 Å². The van der Waals surface area contributed by atoms with Gasteiger partial charge in [0.15, 0.2) is 0 Å². The number of rotatable bonds is 5. The summed E-state index contributed by atoms with van der Waals surface area (Å²) in [5.41, 5.74) is 5.05. The van der Waals surface area contributed by atoms with Crippen LogP contribution in [0, 0.1) is 0 Å². The van der Waals surface area contributed by atoms with Gasteiger partial charge in [-0.25, -0.2) is 9.97 Å². The molecule has 0 saturated heterocycles. The van der Waals surface area contributed by atoms with E-state index in [1.54, 1.807) is 11.9 Å². The van der Waals surface area contributed by atoms with E-state index in [9.17, 15) is 4.79 Å². The summed E-state index contributed by atoms with van der Waals surface area (Å²) < 4.78 is 0. The number of nitrogens with zero attached hydrogens (tertiary/aromatic N) is 3. The lowest BCUT2D eigenvalue weighted by Gasteiger charge is -2.22. The van der Waals surface area contributed by atoms with Crippen molar-refractivity contribution >= 4 is 17.5 Å². The molecule has 6 heteroatoms. The Labute approximate surface area is 114 Å². The fourth-order valence-electron chi connectivity index (χ4n) is 1.55. The maximum atomic E-state index is 11.0. The summed E-state index contributed by atoms with van der Waals surface area (Å²) in [5, 5.41) is 3.17. The standard InChI is InChI=1S/C13H23N5O/c1-6-15-10-7-11(18(5)8-9(14)19)17-12(16-10)13(2,3)4/h7H,6,8H2,1-5H3,(H2,14,19)(H,15,16,17). The van der Waals surface area contributed by atoms with E-state index in [1.165, 1.54) is 0 Å². The third-order valence-electron chi connectivity index (χ3n) is 2.53. The van der Waals surface area contributed by atoms with E-state index in [0.29, 0.717) is 5.82 Å². The van der Waals surface area contributed by atoms with Gasteiger partial charge in [-0.2, -0.15) is 0 Å². The first kappa shape index (κ1) is 15.2. The first-order valence-corrected chi connectivity index (χ1v) is 6.37. The summed E-state index contributed by atoms with van der Waals surface area (Å²) >= 11 is 0. The van der Waals surface area contributed by atoms with E-state index in [1.807, 2.05) is 13.0 Å². The first-order chi connectivity index (χ1) is 8.74. The van der Waals surface area contributed by atoms with E-state index in [2.05, 4.69) is 36.1 Å². The number of nitrogens with two attached hydrogens (primary N) is 1. The quantitative estimate of drug-likeness (QED) is 0.833. The predicted octanol–water partition coefficient (Wildman–Crippen LogP) is 1.13. The van der Waals surface area contributed by atoms with E-state index in [4.69, 9.17) is 5.73 Å². The number of likely N-dealkylation sites (N-methyl/N-ethyl adjacent to an activating group) is 1. The number of amides is 1. The van der Waals surface area contributed by atoms with Crippen LogP contribution in [0.25, 0.3) is 0 Å². The lowest BCUT2D eigenvalue weighted by Crippen LogP contribution is -2.32. The highest BCUT2D eigenvalue weighted by molar-refractivity contribution is 5.79. The smallest absolute Gasteiger partial charge is 0.236 e. The van der Waals surface area contributed by atoms with Crippen LogP contribution in [0.2, 0.25) is 0 Å². The predicted molar refractivity (Wildman–Crippen MR) is 77.4 cm³/mol. The van der Waals surface area contributed by atoms with Crippen molar-refractivity contribution in [3.05, 3.63) is 11.9 Å². The van der Waals surface area contributed by atoms with Gasteiger partial charge in [-0.05, 0) is 6.92 Å². The number of aromatic nitrogens is 2. The van der Waals surface area contributed by atoms with Crippen LogP contribution in [-0.4, -0.2) is 36.0 Å². The molecule has 0 atom stereocenters. The molecule has 0 aliphatic carbocycles. The number of hydrogen-bond acceptors (Lipinski definition) is 5. The number of hydrogen-bond donors (Lipinski definition) is 2. The SMILES string of the molecule is CCNc1cc(N(C)CC(N)=O)nc(C(C)(C)C)n1. The average molecular weight is 265 g/mol. The topological polar surface area (TPSA) is 84.1 Å². The molecule has 0 fully saturated rings. The molecule has 0 unspecified atom stereocenters. The highest BCUT2D eigenvalue weighted by Crippen LogP contribution is 2.23. The largest absolute Gasteiger partial charge is 0.370 e. The summed E-state index contributed by atoms with van der Waals surface area (Å²) in [7, 11) is 1.79. The van der Waals surface area contributed by atoms with Gasteiger partial charge in [0, 0.05) is 25.1 Å². The van der Waals surface area contributed by atoms with Crippen molar-refractivity contribution in [3.63, 3.8) is 0 Å². The minimum atomic E-state index is -0.386. The van der Waals surface area contributed by atoms with Gasteiger partial charge < -0.3 is 16.0 Å². The molecule has 19 heavy (non-hydrogen) atoms. The van der Waals surface area contributed by atoms with Crippen molar-refractivity contribution in [2.24, 2.45) is 5.73 Å². The van der Waals surface area contributed by atoms with Gasteiger partial charge >= 0.3 is 0 Å². The van der Waals surface area contributed by atoms with Gasteiger partial charge in [0.05, 0.1) is 6.54 Å². The molecule has 106 valence electrons. The molecule has 0 aromatic carbocycles. The highest BCUT2D eigenvalue weighted by Gasteiger charge is 2.20. The number of carbonyl (C=O) groups excluding carboxylic acids is 1. The monoisotopic (exact) mass is 265 g/mol. The van der Waals surface area contributed by atoms with Crippen molar-refractivity contribution in [2.45, 2.75) is 33.1 Å². The van der Waals surface area contributed by atoms with E-state index >= 15 is 0 Å². The lowest BCUT2D eigenvalue weighted by atomic mass is 9.96. The van der Waals surface area contributed by atoms with E-state index in [-0.39, 0.29) is 17.9 Å². The molecule has 1 heterocycles. The molecule has 0 aliphatic rings. The Kier molecular flexibility index (Phi) is 4.69. The fraction of sp³-hybridized carbons (Fsp3) is 0.615. The fourth-order valence-corrected chi connectivity index (χ4v) is 1.55. The van der Waals surface area contributed by atoms with E-state index < -0.39 is 0 Å². The van der Waals surface area contributed by atoms with Crippen LogP contribution in [0.15, 0.2) is 6.07 Å². The summed E-state index contributed by atoms with van der Waals surface area (Å²) in [4.78, 5) is 21.7. The van der Waals surface area contributed by atoms with E-state index in [0.717, 1.165) is 18.2 Å². The minimum absolute atomic E-state index is 0.131. The van der Waals surface area contributed by atoms with Crippen LogP contribution in [0.4, 0.5) is 11.6 Å². The second-order valence-electron chi connectivity index (χ2n) is 5.54. The number of primary amides is 1. The Balaban J connectivity index is 3.16. The molecule has 1 aromatic heterocycles. The van der Waals surface area contributed by atoms with Gasteiger partial charge in [0.1, 0.15) is 17.5 Å².